The number of aromatic hydroxyl groups is 2. The number of carbonyl (C=O) groups is 1. The van der Waals surface area contributed by atoms with Crippen molar-refractivity contribution in [1.29, 1.82) is 0 Å². The minimum absolute atomic E-state index is 0.0313. The number of rotatable bonds is 7. The van der Waals surface area contributed by atoms with Gasteiger partial charge in [-0.25, -0.2) is 0 Å². The molecular weight excluding hydrogens is 368 g/mol. The van der Waals surface area contributed by atoms with Crippen LogP contribution >= 0.6 is 0 Å². The summed E-state index contributed by atoms with van der Waals surface area (Å²) in [5.74, 6) is 0.609. The van der Waals surface area contributed by atoms with Gasteiger partial charge >= 0.3 is 0 Å². The molecule has 0 aliphatic rings. The smallest absolute Gasteiger partial charge is 0.267 e. The molecule has 0 saturated carbocycles. The van der Waals surface area contributed by atoms with Crippen LogP contribution < -0.4 is 10.1 Å². The molecule has 0 aliphatic heterocycles. The second-order valence-corrected chi connectivity index (χ2v) is 6.75. The van der Waals surface area contributed by atoms with Crippen molar-refractivity contribution >= 4 is 5.91 Å². The Kier molecular flexibility index (Phi) is 6.12. The Morgan fingerprint density at radius 2 is 1.76 bits per heavy atom. The maximum atomic E-state index is 12.6. The number of hydrogen-bond donors (Lipinski definition) is 3. The molecule has 6 nitrogen and oxygen atoms in total. The Morgan fingerprint density at radius 3 is 2.38 bits per heavy atom. The fourth-order valence-electron chi connectivity index (χ4n) is 3.35. The Labute approximate surface area is 170 Å². The Balaban J connectivity index is 2.11. The zero-order chi connectivity index (χ0) is 21.0. The summed E-state index contributed by atoms with van der Waals surface area (Å²) in [6, 6.07) is 14.3. The first-order valence-electron chi connectivity index (χ1n) is 9.64. The third-order valence-electron chi connectivity index (χ3n) is 4.90. The number of aryl methyl sites for hydroxylation is 1. The zero-order valence-electron chi connectivity index (χ0n) is 16.9. The van der Waals surface area contributed by atoms with Crippen molar-refractivity contribution in [3.05, 3.63) is 65.4 Å². The van der Waals surface area contributed by atoms with Crippen LogP contribution in [0.2, 0.25) is 0 Å². The van der Waals surface area contributed by atoms with E-state index in [1.165, 1.54) is 6.07 Å². The molecule has 1 amide bonds. The van der Waals surface area contributed by atoms with Crippen LogP contribution in [0.5, 0.6) is 17.2 Å². The number of methoxy groups -OCH3 is 1. The topological polar surface area (TPSA) is 83.7 Å². The maximum Gasteiger partial charge on any atom is 0.267 e. The molecule has 0 atom stereocenters. The maximum absolute atomic E-state index is 12.6. The van der Waals surface area contributed by atoms with E-state index >= 15 is 0 Å². The van der Waals surface area contributed by atoms with Gasteiger partial charge in [-0.15, -0.1) is 0 Å². The largest absolute Gasteiger partial charge is 0.508 e. The first kappa shape index (κ1) is 20.3. The lowest BCUT2D eigenvalue weighted by Crippen LogP contribution is -2.25. The number of phenolic OH excluding ortho intramolecular Hbond substituents is 2. The molecule has 0 saturated heterocycles. The van der Waals surface area contributed by atoms with Crippen LogP contribution in [0.1, 0.15) is 35.5 Å². The van der Waals surface area contributed by atoms with E-state index in [4.69, 9.17) is 4.74 Å². The van der Waals surface area contributed by atoms with Crippen LogP contribution in [0.25, 0.3) is 11.3 Å². The molecular formula is C23H26N2O4. The average Bonchev–Trinajstić information content (AvgIpc) is 3.12. The zero-order valence-corrected chi connectivity index (χ0v) is 16.9. The van der Waals surface area contributed by atoms with E-state index in [0.29, 0.717) is 36.5 Å². The summed E-state index contributed by atoms with van der Waals surface area (Å²) in [6.07, 6.45) is 0.626. The van der Waals surface area contributed by atoms with Crippen molar-refractivity contribution in [2.24, 2.45) is 0 Å². The van der Waals surface area contributed by atoms with E-state index in [1.807, 2.05) is 48.7 Å². The van der Waals surface area contributed by atoms with Crippen molar-refractivity contribution in [2.45, 2.75) is 26.8 Å². The van der Waals surface area contributed by atoms with E-state index in [9.17, 15) is 15.0 Å². The monoisotopic (exact) mass is 394 g/mol. The van der Waals surface area contributed by atoms with E-state index in [1.54, 1.807) is 19.2 Å². The van der Waals surface area contributed by atoms with Crippen molar-refractivity contribution < 1.29 is 19.7 Å². The van der Waals surface area contributed by atoms with Gasteiger partial charge in [-0.2, -0.15) is 0 Å². The van der Waals surface area contributed by atoms with Gasteiger partial charge in [0, 0.05) is 24.7 Å². The molecule has 1 aromatic heterocycles. The number of phenols is 2. The van der Waals surface area contributed by atoms with Gasteiger partial charge in [0.1, 0.15) is 22.9 Å². The highest BCUT2D eigenvalue weighted by Crippen LogP contribution is 2.36. The first-order valence-corrected chi connectivity index (χ1v) is 9.64. The second kappa shape index (κ2) is 8.73. The van der Waals surface area contributed by atoms with Gasteiger partial charge in [-0.3, -0.25) is 4.79 Å². The number of nitrogens with one attached hydrogen (secondary N) is 1. The van der Waals surface area contributed by atoms with Crippen LogP contribution in [0.3, 0.4) is 0 Å². The number of ether oxygens (including phenoxy) is 1. The summed E-state index contributed by atoms with van der Waals surface area (Å²) in [7, 11) is 1.62. The van der Waals surface area contributed by atoms with Gasteiger partial charge < -0.3 is 24.8 Å². The molecule has 6 heteroatoms. The number of amides is 1. The summed E-state index contributed by atoms with van der Waals surface area (Å²) in [6.45, 7) is 4.77. The standard InChI is InChI=1S/C23H26N2O4/c1-4-16-12-18(22(27)13-21(16)26)19-10-11-20(23(28)24-5-2)25(19)14-15-6-8-17(29-3)9-7-15/h6-13,26-27H,4-5,14H2,1-3H3,(H,24,28). The Hall–Kier alpha value is -3.41. The van der Waals surface area contributed by atoms with Gasteiger partial charge in [-0.05, 0) is 54.8 Å². The molecule has 0 aliphatic carbocycles. The number of carbonyl (C=O) groups excluding carboxylic acids is 1. The van der Waals surface area contributed by atoms with Crippen LogP contribution in [-0.2, 0) is 13.0 Å². The third kappa shape index (κ3) is 4.21. The summed E-state index contributed by atoms with van der Waals surface area (Å²) < 4.78 is 7.09. The van der Waals surface area contributed by atoms with Crippen LogP contribution in [0.15, 0.2) is 48.5 Å². The molecule has 152 valence electrons. The first-order chi connectivity index (χ1) is 14.0. The van der Waals surface area contributed by atoms with Gasteiger partial charge in [0.15, 0.2) is 0 Å². The average molecular weight is 394 g/mol. The highest BCUT2D eigenvalue weighted by molar-refractivity contribution is 5.94. The van der Waals surface area contributed by atoms with Crippen LogP contribution in [0.4, 0.5) is 0 Å². The highest BCUT2D eigenvalue weighted by atomic mass is 16.5. The Morgan fingerprint density at radius 1 is 1.03 bits per heavy atom. The highest BCUT2D eigenvalue weighted by Gasteiger charge is 2.19. The van der Waals surface area contributed by atoms with Crippen molar-refractivity contribution in [3.8, 4) is 28.5 Å². The van der Waals surface area contributed by atoms with Crippen LogP contribution in [-0.4, -0.2) is 34.3 Å². The molecule has 0 radical (unpaired) electrons. The molecule has 1 heterocycles. The predicted molar refractivity (Wildman–Crippen MR) is 113 cm³/mol. The fourth-order valence-corrected chi connectivity index (χ4v) is 3.35. The molecule has 3 rings (SSSR count). The van der Waals surface area contributed by atoms with Crippen molar-refractivity contribution in [2.75, 3.05) is 13.7 Å². The molecule has 0 spiro atoms. The summed E-state index contributed by atoms with van der Waals surface area (Å²) in [5.41, 5.74) is 3.50. The lowest BCUT2D eigenvalue weighted by Gasteiger charge is -2.16. The molecule has 0 fully saturated rings. The molecule has 3 aromatic rings. The van der Waals surface area contributed by atoms with Crippen molar-refractivity contribution in [1.82, 2.24) is 9.88 Å². The SMILES string of the molecule is CCNC(=O)c1ccc(-c2cc(CC)c(O)cc2O)n1Cc1ccc(OC)cc1. The molecule has 0 bridgehead atoms. The van der Waals surface area contributed by atoms with Gasteiger partial charge in [0.2, 0.25) is 0 Å². The van der Waals surface area contributed by atoms with E-state index < -0.39 is 0 Å². The molecule has 0 unspecified atom stereocenters. The van der Waals surface area contributed by atoms with E-state index in [2.05, 4.69) is 5.32 Å². The Bertz CT molecular complexity index is 1010. The van der Waals surface area contributed by atoms with Gasteiger partial charge in [0.05, 0.1) is 12.8 Å². The summed E-state index contributed by atoms with van der Waals surface area (Å²) in [5, 5.41) is 23.4. The number of nitrogens with zero attached hydrogens (tertiary/aromatic N) is 1. The lowest BCUT2D eigenvalue weighted by atomic mass is 10.0. The van der Waals surface area contributed by atoms with Crippen LogP contribution in [0, 0.1) is 0 Å². The minimum Gasteiger partial charge on any atom is -0.508 e. The summed E-state index contributed by atoms with van der Waals surface area (Å²) in [4.78, 5) is 12.6. The van der Waals surface area contributed by atoms with Gasteiger partial charge in [0.25, 0.3) is 5.91 Å². The number of benzene rings is 2. The normalized spacial score (nSPS) is 10.7. The lowest BCUT2D eigenvalue weighted by molar-refractivity contribution is 0.0947. The molecule has 29 heavy (non-hydrogen) atoms. The van der Waals surface area contributed by atoms with Gasteiger partial charge in [-0.1, -0.05) is 19.1 Å². The summed E-state index contributed by atoms with van der Waals surface area (Å²) >= 11 is 0. The number of hydrogen-bond acceptors (Lipinski definition) is 4. The quantitative estimate of drug-likeness (QED) is 0.567. The van der Waals surface area contributed by atoms with Crippen molar-refractivity contribution in [3.63, 3.8) is 0 Å². The van der Waals surface area contributed by atoms with E-state index in [0.717, 1.165) is 16.9 Å². The fraction of sp³-hybridized carbons (Fsp3) is 0.261. The molecule has 3 N–H and O–H groups in total. The third-order valence-corrected chi connectivity index (χ3v) is 4.90. The second-order valence-electron chi connectivity index (χ2n) is 6.75. The minimum atomic E-state index is -0.179. The number of aromatic nitrogens is 1. The molecule has 2 aromatic carbocycles. The predicted octanol–water partition coefficient (Wildman–Crippen LogP) is 3.94. The van der Waals surface area contributed by atoms with E-state index in [-0.39, 0.29) is 17.4 Å².